The Hall–Kier alpha value is -1.41. The highest BCUT2D eigenvalue weighted by molar-refractivity contribution is 5.96. The summed E-state index contributed by atoms with van der Waals surface area (Å²) in [5.74, 6) is 0.126. The first-order chi connectivity index (χ1) is 6.84. The van der Waals surface area contributed by atoms with E-state index in [1.54, 1.807) is 6.08 Å². The second kappa shape index (κ2) is 6.11. The molecule has 0 N–H and O–H groups in total. The second-order valence-corrected chi connectivity index (χ2v) is 2.89. The van der Waals surface area contributed by atoms with Crippen LogP contribution in [0.2, 0.25) is 0 Å². The Kier molecular flexibility index (Phi) is 4.65. The predicted molar refractivity (Wildman–Crippen MR) is 56.4 cm³/mol. The second-order valence-electron chi connectivity index (χ2n) is 2.89. The number of epoxide rings is 1. The first-order valence-corrected chi connectivity index (χ1v) is 4.61. The molecule has 0 amide bonds. The van der Waals surface area contributed by atoms with Gasteiger partial charge in [-0.25, -0.2) is 0 Å². The first-order valence-electron chi connectivity index (χ1n) is 4.61. The third-order valence-electron chi connectivity index (χ3n) is 1.63. The zero-order chi connectivity index (χ0) is 10.2. The zero-order valence-corrected chi connectivity index (χ0v) is 8.11. The average molecular weight is 190 g/mol. The van der Waals surface area contributed by atoms with Gasteiger partial charge < -0.3 is 4.74 Å². The van der Waals surface area contributed by atoms with E-state index in [-0.39, 0.29) is 5.78 Å². The topological polar surface area (TPSA) is 29.6 Å². The minimum Gasteiger partial charge on any atom is -0.377 e. The molecule has 0 aliphatic carbocycles. The SMILES string of the molecule is C1CO1.C=CCC(=O)c1ccccc1. The fourth-order valence-electron chi connectivity index (χ4n) is 0.873. The van der Waals surface area contributed by atoms with E-state index >= 15 is 0 Å². The van der Waals surface area contributed by atoms with Gasteiger partial charge in [0.05, 0.1) is 13.2 Å². The monoisotopic (exact) mass is 190 g/mol. The van der Waals surface area contributed by atoms with E-state index in [1.807, 2.05) is 30.3 Å². The maximum atomic E-state index is 11.2. The Balaban J connectivity index is 0.000000276. The van der Waals surface area contributed by atoms with Crippen molar-refractivity contribution >= 4 is 5.78 Å². The molecule has 0 unspecified atom stereocenters. The van der Waals surface area contributed by atoms with Crippen LogP contribution in [0.25, 0.3) is 0 Å². The van der Waals surface area contributed by atoms with Crippen molar-refractivity contribution in [2.75, 3.05) is 13.2 Å². The molecule has 2 nitrogen and oxygen atoms in total. The van der Waals surface area contributed by atoms with Gasteiger partial charge in [-0.05, 0) is 0 Å². The Bertz CT molecular complexity index is 286. The van der Waals surface area contributed by atoms with E-state index in [4.69, 9.17) is 0 Å². The molecular weight excluding hydrogens is 176 g/mol. The van der Waals surface area contributed by atoms with Gasteiger partial charge in [-0.15, -0.1) is 6.58 Å². The van der Waals surface area contributed by atoms with Crippen molar-refractivity contribution in [1.82, 2.24) is 0 Å². The van der Waals surface area contributed by atoms with Gasteiger partial charge in [-0.1, -0.05) is 36.4 Å². The molecule has 0 atom stereocenters. The number of Topliss-reactive ketones (excluding diaryl/α,β-unsaturated/α-hetero) is 1. The molecule has 2 heteroatoms. The molecule has 0 aromatic heterocycles. The fourth-order valence-corrected chi connectivity index (χ4v) is 0.873. The summed E-state index contributed by atoms with van der Waals surface area (Å²) in [7, 11) is 0. The summed E-state index contributed by atoms with van der Waals surface area (Å²) < 4.78 is 4.50. The van der Waals surface area contributed by atoms with Gasteiger partial charge in [-0.3, -0.25) is 4.79 Å². The highest BCUT2D eigenvalue weighted by atomic mass is 16.6. The number of hydrogen-bond acceptors (Lipinski definition) is 2. The third kappa shape index (κ3) is 4.58. The van der Waals surface area contributed by atoms with Crippen LogP contribution in [0.5, 0.6) is 0 Å². The fraction of sp³-hybridized carbons (Fsp3) is 0.250. The third-order valence-corrected chi connectivity index (χ3v) is 1.63. The molecule has 1 saturated heterocycles. The smallest absolute Gasteiger partial charge is 0.166 e. The Morgan fingerprint density at radius 1 is 1.36 bits per heavy atom. The highest BCUT2D eigenvalue weighted by Crippen LogP contribution is 2.02. The standard InChI is InChI=1S/C10H10O.C2H4O/c1-2-6-10(11)9-7-4-3-5-8-9;1-2-3-1/h2-5,7-8H,1,6H2;1-2H2. The minimum atomic E-state index is 0.126. The molecule has 1 heterocycles. The predicted octanol–water partition coefficient (Wildman–Crippen LogP) is 2.46. The molecule has 0 bridgehead atoms. The van der Waals surface area contributed by atoms with Gasteiger partial charge in [0.2, 0.25) is 0 Å². The van der Waals surface area contributed by atoms with E-state index < -0.39 is 0 Å². The Morgan fingerprint density at radius 3 is 2.36 bits per heavy atom. The lowest BCUT2D eigenvalue weighted by atomic mass is 10.1. The van der Waals surface area contributed by atoms with Crippen LogP contribution in [0.1, 0.15) is 16.8 Å². The number of ketones is 1. The molecular formula is C12H14O2. The minimum absolute atomic E-state index is 0.126. The van der Waals surface area contributed by atoms with Crippen LogP contribution in [0.15, 0.2) is 43.0 Å². The molecule has 0 saturated carbocycles. The Labute approximate surface area is 84.2 Å². The maximum absolute atomic E-state index is 11.2. The van der Waals surface area contributed by atoms with E-state index in [2.05, 4.69) is 11.3 Å². The number of hydrogen-bond donors (Lipinski definition) is 0. The van der Waals surface area contributed by atoms with E-state index in [1.165, 1.54) is 0 Å². The van der Waals surface area contributed by atoms with Crippen molar-refractivity contribution in [2.45, 2.75) is 6.42 Å². The molecule has 1 fully saturated rings. The number of ether oxygens (including phenoxy) is 1. The summed E-state index contributed by atoms with van der Waals surface area (Å²) in [4.78, 5) is 11.2. The number of allylic oxidation sites excluding steroid dienone is 1. The van der Waals surface area contributed by atoms with Gasteiger partial charge >= 0.3 is 0 Å². The summed E-state index contributed by atoms with van der Waals surface area (Å²) in [5, 5.41) is 0. The quantitative estimate of drug-likeness (QED) is 0.416. The van der Waals surface area contributed by atoms with E-state index in [0.29, 0.717) is 6.42 Å². The van der Waals surface area contributed by atoms with E-state index in [0.717, 1.165) is 18.8 Å². The van der Waals surface area contributed by atoms with Crippen molar-refractivity contribution in [3.63, 3.8) is 0 Å². The molecule has 1 aromatic carbocycles. The van der Waals surface area contributed by atoms with Crippen molar-refractivity contribution in [1.29, 1.82) is 0 Å². The van der Waals surface area contributed by atoms with Crippen molar-refractivity contribution in [2.24, 2.45) is 0 Å². The van der Waals surface area contributed by atoms with Crippen molar-refractivity contribution < 1.29 is 9.53 Å². The number of carbonyl (C=O) groups is 1. The molecule has 1 aromatic rings. The van der Waals surface area contributed by atoms with Crippen LogP contribution in [-0.4, -0.2) is 19.0 Å². The Morgan fingerprint density at radius 2 is 1.93 bits per heavy atom. The van der Waals surface area contributed by atoms with Crippen LogP contribution in [0, 0.1) is 0 Å². The lowest BCUT2D eigenvalue weighted by molar-refractivity contribution is 0.0996. The van der Waals surface area contributed by atoms with Crippen molar-refractivity contribution in [3.8, 4) is 0 Å². The number of benzene rings is 1. The zero-order valence-electron chi connectivity index (χ0n) is 8.11. The summed E-state index contributed by atoms with van der Waals surface area (Å²) in [6, 6.07) is 9.23. The van der Waals surface area contributed by atoms with Crippen LogP contribution in [0.4, 0.5) is 0 Å². The summed E-state index contributed by atoms with van der Waals surface area (Å²) >= 11 is 0. The maximum Gasteiger partial charge on any atom is 0.166 e. The van der Waals surface area contributed by atoms with Gasteiger partial charge in [0.15, 0.2) is 5.78 Å². The lowest BCUT2D eigenvalue weighted by Gasteiger charge is -1.94. The largest absolute Gasteiger partial charge is 0.377 e. The molecule has 0 spiro atoms. The molecule has 1 aliphatic rings. The lowest BCUT2D eigenvalue weighted by Crippen LogP contribution is -1.95. The number of carbonyl (C=O) groups excluding carboxylic acids is 1. The van der Waals surface area contributed by atoms with Crippen LogP contribution >= 0.6 is 0 Å². The van der Waals surface area contributed by atoms with Crippen LogP contribution in [-0.2, 0) is 4.74 Å². The summed E-state index contributed by atoms with van der Waals surface area (Å²) in [6.45, 7) is 5.51. The van der Waals surface area contributed by atoms with Gasteiger partial charge in [0.25, 0.3) is 0 Å². The summed E-state index contributed by atoms with van der Waals surface area (Å²) in [6.07, 6.45) is 2.04. The van der Waals surface area contributed by atoms with Crippen LogP contribution in [0.3, 0.4) is 0 Å². The van der Waals surface area contributed by atoms with E-state index in [9.17, 15) is 4.79 Å². The summed E-state index contributed by atoms with van der Waals surface area (Å²) in [5.41, 5.74) is 0.757. The normalized spacial score (nSPS) is 12.3. The van der Waals surface area contributed by atoms with Gasteiger partial charge in [-0.2, -0.15) is 0 Å². The highest BCUT2D eigenvalue weighted by Gasteiger charge is 1.99. The molecule has 14 heavy (non-hydrogen) atoms. The van der Waals surface area contributed by atoms with Crippen LogP contribution < -0.4 is 0 Å². The molecule has 2 rings (SSSR count). The van der Waals surface area contributed by atoms with Gasteiger partial charge in [0, 0.05) is 12.0 Å². The average Bonchev–Trinajstić information content (AvgIpc) is 3.06. The first kappa shape index (κ1) is 10.7. The molecule has 0 radical (unpaired) electrons. The van der Waals surface area contributed by atoms with Crippen molar-refractivity contribution in [3.05, 3.63) is 48.6 Å². The van der Waals surface area contributed by atoms with Gasteiger partial charge in [0.1, 0.15) is 0 Å². The number of rotatable bonds is 3. The molecule has 1 aliphatic heterocycles. The molecule has 74 valence electrons.